The Bertz CT molecular complexity index is 1000. The van der Waals surface area contributed by atoms with Crippen LogP contribution in [0.3, 0.4) is 0 Å². The van der Waals surface area contributed by atoms with Gasteiger partial charge in [-0.05, 0) is 44.9 Å². The number of benzene rings is 1. The molecule has 3 heterocycles. The Morgan fingerprint density at radius 3 is 2.44 bits per heavy atom. The van der Waals surface area contributed by atoms with Gasteiger partial charge in [-0.2, -0.15) is 0 Å². The van der Waals surface area contributed by atoms with E-state index in [2.05, 4.69) is 17.0 Å². The molecule has 1 atom stereocenters. The summed E-state index contributed by atoms with van der Waals surface area (Å²) >= 11 is 0. The molecule has 32 heavy (non-hydrogen) atoms. The Morgan fingerprint density at radius 2 is 1.69 bits per heavy atom. The van der Waals surface area contributed by atoms with Crippen molar-refractivity contribution >= 4 is 17.6 Å². The Labute approximate surface area is 189 Å². The van der Waals surface area contributed by atoms with Crippen molar-refractivity contribution in [3.05, 3.63) is 41.6 Å². The quantitative estimate of drug-likeness (QED) is 0.800. The van der Waals surface area contributed by atoms with Crippen molar-refractivity contribution in [2.75, 3.05) is 31.1 Å². The number of hydrogen-bond donors (Lipinski definition) is 1. The SMILES string of the molecule is NC(=O)C1CCN(C(=O)[C@H]2CCCN(c3nc(-c4ccccc4)nc4c3CCC4)C2)CC1. The normalized spacial score (nSPS) is 21.4. The smallest absolute Gasteiger partial charge is 0.227 e. The third kappa shape index (κ3) is 4.08. The highest BCUT2D eigenvalue weighted by molar-refractivity contribution is 5.81. The Hall–Kier alpha value is -2.96. The molecular weight excluding hydrogens is 402 g/mol. The first-order valence-corrected chi connectivity index (χ1v) is 11.9. The monoisotopic (exact) mass is 433 g/mol. The molecule has 2 aromatic rings. The lowest BCUT2D eigenvalue weighted by Crippen LogP contribution is -2.48. The molecule has 2 aliphatic heterocycles. The highest BCUT2D eigenvalue weighted by atomic mass is 16.2. The number of aryl methyl sites for hydroxylation is 1. The number of carbonyl (C=O) groups is 2. The van der Waals surface area contributed by atoms with E-state index < -0.39 is 0 Å². The number of anilines is 1. The van der Waals surface area contributed by atoms with Crippen molar-refractivity contribution in [2.24, 2.45) is 17.6 Å². The van der Waals surface area contributed by atoms with Crippen LogP contribution in [0.2, 0.25) is 0 Å². The van der Waals surface area contributed by atoms with Gasteiger partial charge in [0.15, 0.2) is 5.82 Å². The van der Waals surface area contributed by atoms with Crippen molar-refractivity contribution in [3.8, 4) is 11.4 Å². The molecular formula is C25H31N5O2. The molecule has 2 N–H and O–H groups in total. The Kier molecular flexibility index (Phi) is 5.81. The number of hydrogen-bond acceptors (Lipinski definition) is 5. The topological polar surface area (TPSA) is 92.4 Å². The lowest BCUT2D eigenvalue weighted by molar-refractivity contribution is -0.138. The van der Waals surface area contributed by atoms with Gasteiger partial charge in [-0.1, -0.05) is 30.3 Å². The van der Waals surface area contributed by atoms with Crippen LogP contribution in [0.25, 0.3) is 11.4 Å². The maximum absolute atomic E-state index is 13.3. The number of rotatable bonds is 4. The molecule has 1 aromatic heterocycles. The van der Waals surface area contributed by atoms with Gasteiger partial charge in [0.25, 0.3) is 0 Å². The fraction of sp³-hybridized carbons (Fsp3) is 0.520. The van der Waals surface area contributed by atoms with Crippen LogP contribution in [0.5, 0.6) is 0 Å². The van der Waals surface area contributed by atoms with Gasteiger partial charge in [-0.25, -0.2) is 9.97 Å². The molecule has 0 bridgehead atoms. The molecule has 0 unspecified atom stereocenters. The van der Waals surface area contributed by atoms with Gasteiger partial charge in [-0.3, -0.25) is 9.59 Å². The number of nitrogens with two attached hydrogens (primary N) is 1. The second-order valence-electron chi connectivity index (χ2n) is 9.30. The highest BCUT2D eigenvalue weighted by Crippen LogP contribution is 2.34. The minimum atomic E-state index is -0.243. The van der Waals surface area contributed by atoms with Crippen LogP contribution in [0.1, 0.15) is 43.4 Å². The molecule has 0 saturated carbocycles. The minimum Gasteiger partial charge on any atom is -0.369 e. The van der Waals surface area contributed by atoms with Gasteiger partial charge in [0.2, 0.25) is 11.8 Å². The predicted molar refractivity (Wildman–Crippen MR) is 123 cm³/mol. The van der Waals surface area contributed by atoms with E-state index in [1.54, 1.807) is 0 Å². The summed E-state index contributed by atoms with van der Waals surface area (Å²) in [5.41, 5.74) is 8.91. The molecule has 1 aromatic carbocycles. The number of piperidine rings is 2. The van der Waals surface area contributed by atoms with Crippen molar-refractivity contribution in [2.45, 2.75) is 44.9 Å². The molecule has 3 aliphatic rings. The summed E-state index contributed by atoms with van der Waals surface area (Å²) in [6, 6.07) is 10.1. The third-order valence-corrected chi connectivity index (χ3v) is 7.22. The van der Waals surface area contributed by atoms with Gasteiger partial charge in [0.05, 0.1) is 5.92 Å². The second-order valence-corrected chi connectivity index (χ2v) is 9.30. The van der Waals surface area contributed by atoms with Crippen molar-refractivity contribution in [1.29, 1.82) is 0 Å². The standard InChI is InChI=1S/C25H31N5O2/c26-22(31)17-11-14-29(15-12-17)25(32)19-8-5-13-30(16-19)24-20-9-4-10-21(20)27-23(28-24)18-6-2-1-3-7-18/h1-3,6-7,17,19H,4-5,8-16H2,(H2,26,31)/t19-/m0/s1. The first kappa shape index (κ1) is 20.9. The van der Waals surface area contributed by atoms with Crippen molar-refractivity contribution in [3.63, 3.8) is 0 Å². The van der Waals surface area contributed by atoms with E-state index in [9.17, 15) is 9.59 Å². The molecule has 2 saturated heterocycles. The number of fused-ring (bicyclic) bond motifs is 1. The lowest BCUT2D eigenvalue weighted by Gasteiger charge is -2.38. The summed E-state index contributed by atoms with van der Waals surface area (Å²) in [6.45, 7) is 2.88. The van der Waals surface area contributed by atoms with Gasteiger partial charge in [-0.15, -0.1) is 0 Å². The van der Waals surface area contributed by atoms with Crippen LogP contribution in [0, 0.1) is 11.8 Å². The zero-order valence-corrected chi connectivity index (χ0v) is 18.5. The van der Waals surface area contributed by atoms with Crippen molar-refractivity contribution < 1.29 is 9.59 Å². The number of aromatic nitrogens is 2. The first-order chi connectivity index (χ1) is 15.6. The highest BCUT2D eigenvalue weighted by Gasteiger charge is 2.34. The average molecular weight is 434 g/mol. The van der Waals surface area contributed by atoms with E-state index in [4.69, 9.17) is 15.7 Å². The molecule has 0 spiro atoms. The lowest BCUT2D eigenvalue weighted by atomic mass is 9.92. The maximum atomic E-state index is 13.3. The zero-order valence-electron chi connectivity index (χ0n) is 18.5. The van der Waals surface area contributed by atoms with Crippen LogP contribution in [0.4, 0.5) is 5.82 Å². The summed E-state index contributed by atoms with van der Waals surface area (Å²) < 4.78 is 0. The summed E-state index contributed by atoms with van der Waals surface area (Å²) in [5, 5.41) is 0. The van der Waals surface area contributed by atoms with Crippen LogP contribution in [-0.4, -0.2) is 52.9 Å². The maximum Gasteiger partial charge on any atom is 0.227 e. The fourth-order valence-electron chi connectivity index (χ4n) is 5.40. The number of likely N-dealkylation sites (tertiary alicyclic amines) is 1. The van der Waals surface area contributed by atoms with E-state index in [0.29, 0.717) is 32.5 Å². The second kappa shape index (κ2) is 8.88. The summed E-state index contributed by atoms with van der Waals surface area (Å²) in [6.07, 6.45) is 6.36. The summed E-state index contributed by atoms with van der Waals surface area (Å²) in [7, 11) is 0. The molecule has 1 aliphatic carbocycles. The third-order valence-electron chi connectivity index (χ3n) is 7.22. The Balaban J connectivity index is 1.35. The fourth-order valence-corrected chi connectivity index (χ4v) is 5.40. The van der Waals surface area contributed by atoms with Gasteiger partial charge in [0, 0.05) is 48.9 Å². The van der Waals surface area contributed by atoms with E-state index >= 15 is 0 Å². The van der Waals surface area contributed by atoms with Crippen molar-refractivity contribution in [1.82, 2.24) is 14.9 Å². The number of carbonyl (C=O) groups excluding carboxylic acids is 2. The van der Waals surface area contributed by atoms with Crippen LogP contribution in [0.15, 0.2) is 30.3 Å². The van der Waals surface area contributed by atoms with E-state index in [0.717, 1.165) is 61.5 Å². The molecule has 7 nitrogen and oxygen atoms in total. The molecule has 7 heteroatoms. The van der Waals surface area contributed by atoms with Crippen LogP contribution in [-0.2, 0) is 22.4 Å². The average Bonchev–Trinajstić information content (AvgIpc) is 3.32. The van der Waals surface area contributed by atoms with E-state index in [1.807, 2.05) is 23.1 Å². The number of amides is 2. The van der Waals surface area contributed by atoms with Gasteiger partial charge >= 0.3 is 0 Å². The number of primary amides is 1. The summed E-state index contributed by atoms with van der Waals surface area (Å²) in [5.74, 6) is 1.65. The van der Waals surface area contributed by atoms with Gasteiger partial charge in [0.1, 0.15) is 5.82 Å². The molecule has 2 amide bonds. The molecule has 168 valence electrons. The van der Waals surface area contributed by atoms with Crippen LogP contribution >= 0.6 is 0 Å². The predicted octanol–water partition coefficient (Wildman–Crippen LogP) is 2.57. The number of nitrogens with zero attached hydrogens (tertiary/aromatic N) is 4. The molecule has 2 fully saturated rings. The molecule has 5 rings (SSSR count). The van der Waals surface area contributed by atoms with E-state index in [1.165, 1.54) is 5.56 Å². The first-order valence-electron chi connectivity index (χ1n) is 11.9. The molecule has 0 radical (unpaired) electrons. The van der Waals surface area contributed by atoms with E-state index in [-0.39, 0.29) is 23.7 Å². The minimum absolute atomic E-state index is 0.0268. The zero-order chi connectivity index (χ0) is 22.1. The Morgan fingerprint density at radius 1 is 0.906 bits per heavy atom. The van der Waals surface area contributed by atoms with Crippen LogP contribution < -0.4 is 10.6 Å². The summed E-state index contributed by atoms with van der Waals surface area (Å²) in [4.78, 5) is 38.9. The largest absolute Gasteiger partial charge is 0.369 e. The van der Waals surface area contributed by atoms with Gasteiger partial charge < -0.3 is 15.5 Å².